The van der Waals surface area contributed by atoms with Gasteiger partial charge in [-0.3, -0.25) is 4.68 Å². The highest BCUT2D eigenvalue weighted by molar-refractivity contribution is 7.89. The molecule has 1 aromatic carbocycles. The highest BCUT2D eigenvalue weighted by Crippen LogP contribution is 2.18. The summed E-state index contributed by atoms with van der Waals surface area (Å²) in [4.78, 5) is 0.260. The number of sulfonamides is 1. The number of nitrogens with one attached hydrogen (secondary N) is 1. The average Bonchev–Trinajstić information content (AvgIpc) is 2.63. The SMILES string of the molecule is Cc1nn(C)c(C)c1S(=O)(=O)NCCc1cccc(Cl)c1. The van der Waals surface area contributed by atoms with Crippen LogP contribution in [0.1, 0.15) is 17.0 Å². The lowest BCUT2D eigenvalue weighted by molar-refractivity contribution is 0.580. The minimum atomic E-state index is -3.55. The molecular weight excluding hydrogens is 310 g/mol. The van der Waals surface area contributed by atoms with Crippen molar-refractivity contribution in [3.8, 4) is 0 Å². The number of aryl methyl sites for hydroxylation is 2. The van der Waals surface area contributed by atoms with E-state index in [0.29, 0.717) is 29.4 Å². The molecule has 1 aromatic heterocycles. The van der Waals surface area contributed by atoms with Crippen LogP contribution in [0.3, 0.4) is 0 Å². The fraction of sp³-hybridized carbons (Fsp3) is 0.357. The maximum atomic E-state index is 12.4. The molecule has 0 aliphatic rings. The average molecular weight is 328 g/mol. The van der Waals surface area contributed by atoms with E-state index >= 15 is 0 Å². The number of hydrogen-bond acceptors (Lipinski definition) is 3. The third-order valence-electron chi connectivity index (χ3n) is 3.31. The molecule has 0 amide bonds. The van der Waals surface area contributed by atoms with Crippen molar-refractivity contribution in [3.05, 3.63) is 46.2 Å². The molecule has 114 valence electrons. The van der Waals surface area contributed by atoms with E-state index < -0.39 is 10.0 Å². The summed E-state index contributed by atoms with van der Waals surface area (Å²) in [5, 5.41) is 4.78. The van der Waals surface area contributed by atoms with Gasteiger partial charge in [0.25, 0.3) is 0 Å². The predicted octanol–water partition coefficient (Wildman–Crippen LogP) is 2.21. The first-order chi connectivity index (χ1) is 9.81. The highest BCUT2D eigenvalue weighted by Gasteiger charge is 2.23. The molecule has 5 nitrogen and oxygen atoms in total. The van der Waals surface area contributed by atoms with Gasteiger partial charge in [0, 0.05) is 18.6 Å². The number of hydrogen-bond donors (Lipinski definition) is 1. The van der Waals surface area contributed by atoms with Crippen molar-refractivity contribution in [3.63, 3.8) is 0 Å². The molecule has 7 heteroatoms. The second-order valence-electron chi connectivity index (χ2n) is 4.90. The van der Waals surface area contributed by atoms with E-state index in [1.165, 1.54) is 0 Å². The van der Waals surface area contributed by atoms with E-state index in [-0.39, 0.29) is 4.90 Å². The molecule has 0 saturated heterocycles. The lowest BCUT2D eigenvalue weighted by atomic mass is 10.2. The Hall–Kier alpha value is -1.37. The second kappa shape index (κ2) is 6.17. The number of rotatable bonds is 5. The summed E-state index contributed by atoms with van der Waals surface area (Å²) in [5.41, 5.74) is 2.12. The van der Waals surface area contributed by atoms with Gasteiger partial charge in [-0.25, -0.2) is 13.1 Å². The van der Waals surface area contributed by atoms with Gasteiger partial charge < -0.3 is 0 Å². The van der Waals surface area contributed by atoms with Crippen LogP contribution in [0.4, 0.5) is 0 Å². The molecule has 0 aliphatic carbocycles. The maximum absolute atomic E-state index is 12.4. The standard InChI is InChI=1S/C14H18ClN3O2S/c1-10-14(11(2)18(3)17-10)21(19,20)16-8-7-12-5-4-6-13(15)9-12/h4-6,9,16H,7-8H2,1-3H3. The lowest BCUT2D eigenvalue weighted by Gasteiger charge is -2.07. The summed E-state index contributed by atoms with van der Waals surface area (Å²) in [7, 11) is -1.82. The summed E-state index contributed by atoms with van der Waals surface area (Å²) < 4.78 is 28.9. The topological polar surface area (TPSA) is 64.0 Å². The largest absolute Gasteiger partial charge is 0.271 e. The van der Waals surface area contributed by atoms with Crippen molar-refractivity contribution >= 4 is 21.6 Å². The zero-order chi connectivity index (χ0) is 15.6. The van der Waals surface area contributed by atoms with Crippen LogP contribution in [0.25, 0.3) is 0 Å². The minimum Gasteiger partial charge on any atom is -0.271 e. The van der Waals surface area contributed by atoms with Crippen LogP contribution in [0.2, 0.25) is 5.02 Å². The Bertz CT molecular complexity index is 754. The van der Waals surface area contributed by atoms with Crippen molar-refractivity contribution < 1.29 is 8.42 Å². The van der Waals surface area contributed by atoms with E-state index in [9.17, 15) is 8.42 Å². The highest BCUT2D eigenvalue weighted by atomic mass is 35.5. The third kappa shape index (κ3) is 3.64. The van der Waals surface area contributed by atoms with E-state index in [0.717, 1.165) is 5.56 Å². The van der Waals surface area contributed by atoms with Crippen LogP contribution in [-0.2, 0) is 23.5 Å². The van der Waals surface area contributed by atoms with E-state index in [1.807, 2.05) is 18.2 Å². The van der Waals surface area contributed by atoms with Gasteiger partial charge in [-0.15, -0.1) is 0 Å². The quantitative estimate of drug-likeness (QED) is 0.915. The van der Waals surface area contributed by atoms with Crippen LogP contribution in [0, 0.1) is 13.8 Å². The molecule has 0 aliphatic heterocycles. The zero-order valence-corrected chi connectivity index (χ0v) is 13.8. The fourth-order valence-electron chi connectivity index (χ4n) is 2.24. The van der Waals surface area contributed by atoms with Crippen LogP contribution < -0.4 is 4.72 Å². The van der Waals surface area contributed by atoms with Gasteiger partial charge in [0.1, 0.15) is 4.90 Å². The van der Waals surface area contributed by atoms with Gasteiger partial charge in [0.15, 0.2) is 0 Å². The van der Waals surface area contributed by atoms with Crippen molar-refractivity contribution in [1.82, 2.24) is 14.5 Å². The number of aromatic nitrogens is 2. The van der Waals surface area contributed by atoms with Crippen LogP contribution in [0.5, 0.6) is 0 Å². The molecule has 0 unspecified atom stereocenters. The van der Waals surface area contributed by atoms with Crippen LogP contribution in [0.15, 0.2) is 29.2 Å². The summed E-state index contributed by atoms with van der Waals surface area (Å²) in [6, 6.07) is 7.39. The van der Waals surface area contributed by atoms with Gasteiger partial charge in [0.2, 0.25) is 10.0 Å². The maximum Gasteiger partial charge on any atom is 0.244 e. The lowest BCUT2D eigenvalue weighted by Crippen LogP contribution is -2.27. The number of benzene rings is 1. The van der Waals surface area contributed by atoms with Crippen molar-refractivity contribution in [2.45, 2.75) is 25.2 Å². The first-order valence-corrected chi connectivity index (χ1v) is 8.41. The Morgan fingerprint density at radius 3 is 2.62 bits per heavy atom. The molecule has 0 spiro atoms. The van der Waals surface area contributed by atoms with Crippen molar-refractivity contribution in [1.29, 1.82) is 0 Å². The van der Waals surface area contributed by atoms with Crippen LogP contribution >= 0.6 is 11.6 Å². The second-order valence-corrected chi connectivity index (χ2v) is 7.04. The Labute approximate surface area is 130 Å². The molecule has 0 radical (unpaired) electrons. The van der Waals surface area contributed by atoms with Gasteiger partial charge in [-0.1, -0.05) is 23.7 Å². The summed E-state index contributed by atoms with van der Waals surface area (Å²) >= 11 is 5.90. The molecule has 1 heterocycles. The normalized spacial score (nSPS) is 11.8. The molecule has 21 heavy (non-hydrogen) atoms. The third-order valence-corrected chi connectivity index (χ3v) is 5.25. The van der Waals surface area contributed by atoms with Gasteiger partial charge in [-0.2, -0.15) is 5.10 Å². The summed E-state index contributed by atoms with van der Waals surface area (Å²) in [6.45, 7) is 3.75. The first kappa shape index (κ1) is 16.0. The zero-order valence-electron chi connectivity index (χ0n) is 12.2. The van der Waals surface area contributed by atoms with Crippen LogP contribution in [-0.4, -0.2) is 24.7 Å². The van der Waals surface area contributed by atoms with E-state index in [2.05, 4.69) is 9.82 Å². The molecule has 0 atom stereocenters. The van der Waals surface area contributed by atoms with Gasteiger partial charge in [0.05, 0.1) is 11.4 Å². The molecule has 0 bridgehead atoms. The molecule has 0 fully saturated rings. The Kier molecular flexibility index (Phi) is 4.70. The van der Waals surface area contributed by atoms with Gasteiger partial charge in [-0.05, 0) is 38.0 Å². The Balaban J connectivity index is 2.08. The molecule has 0 saturated carbocycles. The van der Waals surface area contributed by atoms with E-state index in [4.69, 9.17) is 11.6 Å². The molecule has 1 N–H and O–H groups in total. The summed E-state index contributed by atoms with van der Waals surface area (Å²) in [5.74, 6) is 0. The Morgan fingerprint density at radius 2 is 2.05 bits per heavy atom. The minimum absolute atomic E-state index is 0.260. The summed E-state index contributed by atoms with van der Waals surface area (Å²) in [6.07, 6.45) is 0.581. The fourth-order valence-corrected chi connectivity index (χ4v) is 3.92. The predicted molar refractivity (Wildman–Crippen MR) is 83.0 cm³/mol. The molecule has 2 rings (SSSR count). The Morgan fingerprint density at radius 1 is 1.33 bits per heavy atom. The monoisotopic (exact) mass is 327 g/mol. The van der Waals surface area contributed by atoms with Crippen molar-refractivity contribution in [2.24, 2.45) is 7.05 Å². The number of halogens is 1. The smallest absolute Gasteiger partial charge is 0.244 e. The van der Waals surface area contributed by atoms with Gasteiger partial charge >= 0.3 is 0 Å². The van der Waals surface area contributed by atoms with Crippen molar-refractivity contribution in [2.75, 3.05) is 6.54 Å². The number of nitrogens with zero attached hydrogens (tertiary/aromatic N) is 2. The molecular formula is C14H18ClN3O2S. The molecule has 2 aromatic rings. The first-order valence-electron chi connectivity index (χ1n) is 6.55. The van der Waals surface area contributed by atoms with E-state index in [1.54, 1.807) is 31.6 Å².